The van der Waals surface area contributed by atoms with E-state index in [0.717, 1.165) is 16.0 Å². The maximum absolute atomic E-state index is 16.0. The van der Waals surface area contributed by atoms with Crippen LogP contribution in [0.4, 0.5) is 18.9 Å². The number of carbonyl (C=O) groups excluding carboxylic acids is 1. The van der Waals surface area contributed by atoms with E-state index >= 15 is 8.78 Å². The van der Waals surface area contributed by atoms with Crippen molar-refractivity contribution in [1.82, 2.24) is 24.7 Å². The normalized spacial score (nSPS) is 17.0. The van der Waals surface area contributed by atoms with Gasteiger partial charge in [-0.1, -0.05) is 11.6 Å². The van der Waals surface area contributed by atoms with Crippen molar-refractivity contribution in [2.75, 3.05) is 16.4 Å². The second-order valence-corrected chi connectivity index (χ2v) is 18.2. The number of aryl methyl sites for hydroxylation is 1. The number of halogens is 5. The molecule has 0 bridgehead atoms. The Hall–Kier alpha value is -5.19. The number of ether oxygens (including phenoxy) is 2. The number of imidazole rings is 1. The number of H-pyrrole nitrogens is 1. The molecule has 0 radical (unpaired) electrons. The van der Waals surface area contributed by atoms with Gasteiger partial charge in [-0.25, -0.2) is 0 Å². The van der Waals surface area contributed by atoms with Crippen molar-refractivity contribution in [1.29, 1.82) is 0 Å². The van der Waals surface area contributed by atoms with Crippen molar-refractivity contribution in [3.05, 3.63) is 130 Å². The minimum atomic E-state index is -1.76. The molecule has 1 saturated heterocycles. The molecule has 2 aliphatic heterocycles. The van der Waals surface area contributed by atoms with Gasteiger partial charge in [-0.15, -0.1) is 0 Å². The molecule has 0 unspecified atom stereocenters. The molecule has 0 aliphatic carbocycles. The molecule has 1 atom stereocenters. The van der Waals surface area contributed by atoms with Crippen LogP contribution in [-0.4, -0.2) is 41.7 Å². The molecular formula is C39H29ClF3IN6O4. The van der Waals surface area contributed by atoms with Crippen molar-refractivity contribution in [2.24, 2.45) is 0 Å². The maximum atomic E-state index is 16.0. The van der Waals surface area contributed by atoms with Crippen LogP contribution < -0.4 is 14.8 Å². The van der Waals surface area contributed by atoms with Gasteiger partial charge in [0.25, 0.3) is 0 Å². The molecule has 274 valence electrons. The fourth-order valence-electron chi connectivity index (χ4n) is 6.66. The van der Waals surface area contributed by atoms with E-state index in [4.69, 9.17) is 29.1 Å². The molecule has 1 fully saturated rings. The monoisotopic (exact) mass is 864 g/mol. The molecule has 54 heavy (non-hydrogen) atoms. The zero-order chi connectivity index (χ0) is 37.3. The number of amides is 1. The Morgan fingerprint density at radius 2 is 1.85 bits per heavy atom. The van der Waals surface area contributed by atoms with Crippen molar-refractivity contribution < 1.29 is 30.5 Å². The van der Waals surface area contributed by atoms with Gasteiger partial charge in [0.1, 0.15) is 5.69 Å². The predicted molar refractivity (Wildman–Crippen MR) is 206 cm³/mol. The van der Waals surface area contributed by atoms with Gasteiger partial charge in [0, 0.05) is 13.1 Å². The summed E-state index contributed by atoms with van der Waals surface area (Å²) in [5.41, 5.74) is 3.69. The molecular weight excluding hydrogens is 836 g/mol. The summed E-state index contributed by atoms with van der Waals surface area (Å²) in [5, 5.41) is 10.5. The van der Waals surface area contributed by atoms with Gasteiger partial charge in [-0.3, -0.25) is 10.1 Å². The molecule has 0 spiro atoms. The summed E-state index contributed by atoms with van der Waals surface area (Å²) in [6.07, 6.45) is 1.36. The number of nitrogens with one attached hydrogen (secondary N) is 2. The average Bonchev–Trinajstić information content (AvgIpc) is 3.80. The Bertz CT molecular complexity index is 2630. The average molecular weight is 865 g/mol. The third-order valence-corrected chi connectivity index (χ3v) is 14.1. The standard InChI is InChI=1S/C39H29ClF3IN6O4/c1-20-26-12-22(15-30(43)36(26)49-48-20)38(51)46-24-7-8-32-31(16-24)47-35(50(32)19-44-10-11-52-44)17-27-28(41)13-21(14-29(27)42)25-4-3-5-33-37(25)54-39(2,53-33)34-9-6-23(40)18-45-34/h3-9,12-16,18H,10-11,17,19H2,1-2H3,(H,46,51)(H,48,49)/t39-/m1/s1. The predicted octanol–water partition coefficient (Wildman–Crippen LogP) is 9.25. The number of anilines is 1. The molecule has 1 amide bonds. The SMILES string of the molecule is Cc1[nH]nc2c(F)cc(C(=O)Nc3ccc4c(c3)nc(Cc3c(F)cc(-c5cccc6c5O[C@](C)(c5ccc(Cl)cn5)O6)cc3F)n4CI3CCO3)cc12. The fraction of sp³-hybridized carbons (Fsp3) is 0.179. The number of alkyl halides is 2. The number of aromatic amines is 1. The number of hydrogen-bond donors (Lipinski definition) is 2. The Morgan fingerprint density at radius 3 is 2.59 bits per heavy atom. The van der Waals surface area contributed by atoms with Crippen LogP contribution in [-0.2, 0) is 19.8 Å². The number of para-hydroxylation sites is 1. The van der Waals surface area contributed by atoms with Crippen molar-refractivity contribution in [3.8, 4) is 22.6 Å². The van der Waals surface area contributed by atoms with Crippen LogP contribution in [0.15, 0.2) is 79.0 Å². The summed E-state index contributed by atoms with van der Waals surface area (Å²) < 4.78 is 68.6. The first-order valence-corrected chi connectivity index (χ1v) is 21.2. The first-order valence-electron chi connectivity index (χ1n) is 16.8. The van der Waals surface area contributed by atoms with Crippen LogP contribution in [0.25, 0.3) is 33.1 Å². The summed E-state index contributed by atoms with van der Waals surface area (Å²) in [4.78, 5) is 22.4. The number of carbonyl (C=O) groups is 1. The van der Waals surface area contributed by atoms with Crippen LogP contribution in [0.5, 0.6) is 11.5 Å². The molecule has 4 aromatic carbocycles. The van der Waals surface area contributed by atoms with E-state index in [1.165, 1.54) is 18.3 Å². The van der Waals surface area contributed by atoms with Gasteiger partial charge in [-0.05, 0) is 19.1 Å². The van der Waals surface area contributed by atoms with Gasteiger partial charge in [0.2, 0.25) is 0 Å². The van der Waals surface area contributed by atoms with E-state index in [2.05, 4.69) is 20.5 Å². The molecule has 3 aromatic heterocycles. The van der Waals surface area contributed by atoms with Crippen molar-refractivity contribution >= 4 is 65.4 Å². The molecule has 2 N–H and O–H groups in total. The van der Waals surface area contributed by atoms with Crippen molar-refractivity contribution in [2.45, 2.75) is 30.6 Å². The van der Waals surface area contributed by atoms with E-state index < -0.39 is 49.4 Å². The zero-order valence-electron chi connectivity index (χ0n) is 28.6. The quantitative estimate of drug-likeness (QED) is 0.116. The van der Waals surface area contributed by atoms with Crippen LogP contribution in [0.3, 0.4) is 0 Å². The number of fused-ring (bicyclic) bond motifs is 3. The van der Waals surface area contributed by atoms with Gasteiger partial charge in [0.15, 0.2) is 0 Å². The molecule has 10 nitrogen and oxygen atoms in total. The van der Waals surface area contributed by atoms with E-state index in [0.29, 0.717) is 67.0 Å². The third kappa shape index (κ3) is 6.11. The summed E-state index contributed by atoms with van der Waals surface area (Å²) in [6.45, 7) is 4.16. The third-order valence-electron chi connectivity index (χ3n) is 9.48. The summed E-state index contributed by atoms with van der Waals surface area (Å²) in [6, 6.07) is 19.0. The molecule has 0 saturated carbocycles. The fourth-order valence-corrected chi connectivity index (χ4v) is 9.90. The second kappa shape index (κ2) is 13.3. The number of nitrogens with zero attached hydrogens (tertiary/aromatic N) is 4. The van der Waals surface area contributed by atoms with Gasteiger partial charge < -0.3 is 0 Å². The summed E-state index contributed by atoms with van der Waals surface area (Å²) in [5.74, 6) is -2.69. The number of rotatable bonds is 8. The summed E-state index contributed by atoms with van der Waals surface area (Å²) >= 11 is 4.26. The number of aromatic nitrogens is 5. The van der Waals surface area contributed by atoms with Gasteiger partial charge in [0.05, 0.1) is 5.02 Å². The minimum absolute atomic E-state index is 0.130. The molecule has 5 heterocycles. The second-order valence-electron chi connectivity index (χ2n) is 13.1. The molecule has 9 rings (SSSR count). The van der Waals surface area contributed by atoms with E-state index in [-0.39, 0.29) is 28.6 Å². The number of hydrogen-bond acceptors (Lipinski definition) is 7. The van der Waals surface area contributed by atoms with Crippen LogP contribution in [0.1, 0.15) is 40.1 Å². The number of pyridine rings is 1. The Morgan fingerprint density at radius 1 is 1.04 bits per heavy atom. The van der Waals surface area contributed by atoms with Gasteiger partial charge in [-0.2, -0.15) is 5.10 Å². The van der Waals surface area contributed by atoms with E-state index in [1.54, 1.807) is 62.4 Å². The van der Waals surface area contributed by atoms with E-state index in [9.17, 15) is 9.18 Å². The van der Waals surface area contributed by atoms with Crippen LogP contribution in [0, 0.1) is 24.4 Å². The molecule has 7 aromatic rings. The van der Waals surface area contributed by atoms with Crippen molar-refractivity contribution in [3.63, 3.8) is 0 Å². The van der Waals surface area contributed by atoms with Crippen LogP contribution in [0.2, 0.25) is 5.02 Å². The Kier molecular flexibility index (Phi) is 8.50. The topological polar surface area (TPSA) is 116 Å². The Balaban J connectivity index is 1.01. The van der Waals surface area contributed by atoms with E-state index in [1.807, 2.05) is 10.6 Å². The zero-order valence-corrected chi connectivity index (χ0v) is 31.6. The first-order chi connectivity index (χ1) is 26.0. The molecule has 2 aliphatic rings. The number of benzene rings is 4. The Labute approximate surface area is 318 Å². The first kappa shape index (κ1) is 34.6. The van der Waals surface area contributed by atoms with Crippen LogP contribution >= 0.6 is 31.8 Å². The molecule has 15 heteroatoms. The summed E-state index contributed by atoms with van der Waals surface area (Å²) in [7, 11) is 0. The van der Waals surface area contributed by atoms with Gasteiger partial charge >= 0.3 is 250 Å².